The predicted molar refractivity (Wildman–Crippen MR) is 108 cm³/mol. The van der Waals surface area contributed by atoms with Gasteiger partial charge in [0.25, 0.3) is 5.91 Å². The van der Waals surface area contributed by atoms with E-state index in [2.05, 4.69) is 22.5 Å². The molecule has 0 aliphatic heterocycles. The number of carbonyl (C=O) groups is 1. The summed E-state index contributed by atoms with van der Waals surface area (Å²) in [5.74, 6) is 0.587. The Labute approximate surface area is 160 Å². The van der Waals surface area contributed by atoms with Crippen LogP contribution in [0.15, 0.2) is 67.0 Å². The molecule has 0 atom stereocenters. The topological polar surface area (TPSA) is 46.9 Å². The summed E-state index contributed by atoms with van der Waals surface area (Å²) >= 11 is 0. The molecule has 4 rings (SSSR count). The van der Waals surface area contributed by atoms with Crippen LogP contribution < -0.4 is 5.32 Å². The molecule has 0 saturated heterocycles. The second-order valence-corrected chi connectivity index (χ2v) is 7.27. The quantitative estimate of drug-likeness (QED) is 0.678. The van der Waals surface area contributed by atoms with Crippen LogP contribution in [0.1, 0.15) is 59.5 Å². The first-order valence-electron chi connectivity index (χ1n) is 9.76. The minimum atomic E-state index is -0.0712. The van der Waals surface area contributed by atoms with Crippen molar-refractivity contribution in [3.8, 4) is 0 Å². The molecule has 0 radical (unpaired) electrons. The number of aromatic nitrogens is 2. The maximum Gasteiger partial charge on any atom is 0.255 e. The van der Waals surface area contributed by atoms with Gasteiger partial charge in [0.2, 0.25) is 0 Å². The van der Waals surface area contributed by atoms with Crippen molar-refractivity contribution in [3.63, 3.8) is 0 Å². The van der Waals surface area contributed by atoms with Crippen LogP contribution in [-0.2, 0) is 6.54 Å². The van der Waals surface area contributed by atoms with Crippen molar-refractivity contribution in [1.82, 2.24) is 9.78 Å². The molecule has 0 unspecified atom stereocenters. The third-order valence-corrected chi connectivity index (χ3v) is 5.41. The van der Waals surface area contributed by atoms with Gasteiger partial charge in [0.05, 0.1) is 6.54 Å². The lowest BCUT2D eigenvalue weighted by Gasteiger charge is -2.22. The molecule has 138 valence electrons. The van der Waals surface area contributed by atoms with E-state index in [-0.39, 0.29) is 5.91 Å². The lowest BCUT2D eigenvalue weighted by molar-refractivity contribution is 0.102. The molecular formula is C23H25N3O. The summed E-state index contributed by atoms with van der Waals surface area (Å²) in [5, 5.41) is 7.31. The van der Waals surface area contributed by atoms with Gasteiger partial charge in [-0.1, -0.05) is 49.6 Å². The van der Waals surface area contributed by atoms with Crippen LogP contribution in [0.2, 0.25) is 0 Å². The van der Waals surface area contributed by atoms with Gasteiger partial charge in [-0.3, -0.25) is 9.48 Å². The number of nitrogens with one attached hydrogen (secondary N) is 1. The molecule has 27 heavy (non-hydrogen) atoms. The summed E-state index contributed by atoms with van der Waals surface area (Å²) in [6, 6.07) is 17.9. The third-order valence-electron chi connectivity index (χ3n) is 5.41. The van der Waals surface area contributed by atoms with Crippen molar-refractivity contribution in [2.45, 2.75) is 44.6 Å². The van der Waals surface area contributed by atoms with Gasteiger partial charge in [-0.2, -0.15) is 5.10 Å². The van der Waals surface area contributed by atoms with Gasteiger partial charge in [-0.05, 0) is 54.2 Å². The van der Waals surface area contributed by atoms with Gasteiger partial charge in [0, 0.05) is 23.6 Å². The fourth-order valence-electron chi connectivity index (χ4n) is 3.89. The van der Waals surface area contributed by atoms with Crippen LogP contribution in [0.5, 0.6) is 0 Å². The summed E-state index contributed by atoms with van der Waals surface area (Å²) in [4.78, 5) is 12.7. The number of amides is 1. The van der Waals surface area contributed by atoms with E-state index in [1.807, 2.05) is 53.3 Å². The number of hydrogen-bond acceptors (Lipinski definition) is 2. The molecule has 3 aromatic rings. The summed E-state index contributed by atoms with van der Waals surface area (Å²) in [6.45, 7) is 0.629. The van der Waals surface area contributed by atoms with Crippen molar-refractivity contribution in [1.29, 1.82) is 0 Å². The molecule has 0 spiro atoms. The van der Waals surface area contributed by atoms with Gasteiger partial charge < -0.3 is 5.32 Å². The molecule has 4 nitrogen and oxygen atoms in total. The van der Waals surface area contributed by atoms with Crippen molar-refractivity contribution >= 4 is 11.6 Å². The van der Waals surface area contributed by atoms with Crippen LogP contribution >= 0.6 is 0 Å². The molecule has 1 fully saturated rings. The molecule has 1 saturated carbocycles. The number of hydrogen-bond donors (Lipinski definition) is 1. The number of nitrogens with zero attached hydrogens (tertiary/aromatic N) is 2. The fourth-order valence-corrected chi connectivity index (χ4v) is 3.89. The Kier molecular flexibility index (Phi) is 5.33. The van der Waals surface area contributed by atoms with Gasteiger partial charge >= 0.3 is 0 Å². The fraction of sp³-hybridized carbons (Fsp3) is 0.304. The Bertz CT molecular complexity index is 878. The van der Waals surface area contributed by atoms with Gasteiger partial charge in [-0.25, -0.2) is 0 Å². The smallest absolute Gasteiger partial charge is 0.255 e. The highest BCUT2D eigenvalue weighted by molar-refractivity contribution is 6.04. The largest absolute Gasteiger partial charge is 0.322 e. The summed E-state index contributed by atoms with van der Waals surface area (Å²) in [7, 11) is 0. The molecule has 1 N–H and O–H groups in total. The zero-order chi connectivity index (χ0) is 18.5. The maximum absolute atomic E-state index is 12.7. The Morgan fingerprint density at radius 1 is 1.00 bits per heavy atom. The molecule has 2 aromatic carbocycles. The molecule has 1 heterocycles. The average Bonchev–Trinajstić information content (AvgIpc) is 3.23. The zero-order valence-electron chi connectivity index (χ0n) is 15.5. The highest BCUT2D eigenvalue weighted by Gasteiger charge is 2.16. The van der Waals surface area contributed by atoms with Crippen LogP contribution in [0.3, 0.4) is 0 Å². The number of benzene rings is 2. The molecule has 1 amide bonds. The van der Waals surface area contributed by atoms with Crippen LogP contribution in [0, 0.1) is 0 Å². The Morgan fingerprint density at radius 2 is 1.78 bits per heavy atom. The number of para-hydroxylation sites is 1. The van der Waals surface area contributed by atoms with Crippen LogP contribution in [0.4, 0.5) is 5.69 Å². The van der Waals surface area contributed by atoms with Crippen molar-refractivity contribution < 1.29 is 4.79 Å². The maximum atomic E-state index is 12.7. The van der Waals surface area contributed by atoms with E-state index in [4.69, 9.17) is 0 Å². The third kappa shape index (κ3) is 4.27. The van der Waals surface area contributed by atoms with E-state index in [1.54, 1.807) is 6.20 Å². The first kappa shape index (κ1) is 17.5. The van der Waals surface area contributed by atoms with Crippen LogP contribution in [0.25, 0.3) is 0 Å². The van der Waals surface area contributed by atoms with E-state index < -0.39 is 0 Å². The molecule has 1 aliphatic carbocycles. The van der Waals surface area contributed by atoms with E-state index in [9.17, 15) is 4.79 Å². The minimum absolute atomic E-state index is 0.0712. The van der Waals surface area contributed by atoms with Gasteiger partial charge in [-0.15, -0.1) is 0 Å². The number of anilines is 1. The van der Waals surface area contributed by atoms with Gasteiger partial charge in [0.1, 0.15) is 0 Å². The molecule has 1 aromatic heterocycles. The molecule has 4 heteroatoms. The van der Waals surface area contributed by atoms with E-state index in [0.717, 1.165) is 11.3 Å². The first-order chi connectivity index (χ1) is 13.3. The summed E-state index contributed by atoms with van der Waals surface area (Å²) < 4.78 is 1.85. The molecule has 0 bridgehead atoms. The number of carbonyl (C=O) groups excluding carboxylic acids is 1. The lowest BCUT2D eigenvalue weighted by Crippen LogP contribution is -2.14. The normalized spacial score (nSPS) is 14.8. The van der Waals surface area contributed by atoms with Crippen molar-refractivity contribution in [2.75, 3.05) is 5.32 Å². The summed E-state index contributed by atoms with van der Waals surface area (Å²) in [6.07, 6.45) is 10.2. The Morgan fingerprint density at radius 3 is 2.52 bits per heavy atom. The molecule has 1 aliphatic rings. The SMILES string of the molecule is O=C(Nc1ccccc1Cn1cccn1)c1ccc(C2CCCCC2)cc1. The van der Waals surface area contributed by atoms with E-state index in [0.29, 0.717) is 18.0 Å². The predicted octanol–water partition coefficient (Wildman–Crippen LogP) is 5.23. The standard InChI is InChI=1S/C23H25N3O/c27-23(20-13-11-19(12-14-20)18-7-2-1-3-8-18)25-22-10-5-4-9-21(22)17-26-16-6-15-24-26/h4-6,9-16,18H,1-3,7-8,17H2,(H,25,27). The second kappa shape index (κ2) is 8.21. The first-order valence-corrected chi connectivity index (χ1v) is 9.76. The highest BCUT2D eigenvalue weighted by atomic mass is 16.1. The minimum Gasteiger partial charge on any atom is -0.322 e. The molecular weight excluding hydrogens is 334 g/mol. The second-order valence-electron chi connectivity index (χ2n) is 7.27. The Hall–Kier alpha value is -2.88. The van der Waals surface area contributed by atoms with Crippen LogP contribution in [-0.4, -0.2) is 15.7 Å². The Balaban J connectivity index is 1.46. The lowest BCUT2D eigenvalue weighted by atomic mass is 9.84. The van der Waals surface area contributed by atoms with E-state index in [1.165, 1.54) is 37.7 Å². The number of rotatable bonds is 5. The van der Waals surface area contributed by atoms with Crippen molar-refractivity contribution in [3.05, 3.63) is 83.7 Å². The zero-order valence-corrected chi connectivity index (χ0v) is 15.5. The van der Waals surface area contributed by atoms with E-state index >= 15 is 0 Å². The monoisotopic (exact) mass is 359 g/mol. The average molecular weight is 359 g/mol. The van der Waals surface area contributed by atoms with Crippen molar-refractivity contribution in [2.24, 2.45) is 0 Å². The van der Waals surface area contributed by atoms with Gasteiger partial charge in [0.15, 0.2) is 0 Å². The highest BCUT2D eigenvalue weighted by Crippen LogP contribution is 2.32. The summed E-state index contributed by atoms with van der Waals surface area (Å²) in [5.41, 5.74) is 3.93.